The number of hydrogen-bond donors (Lipinski definition) is 1. The van der Waals surface area contributed by atoms with Crippen molar-refractivity contribution in [3.63, 3.8) is 0 Å². The molecule has 17 heavy (non-hydrogen) atoms. The van der Waals surface area contributed by atoms with Gasteiger partial charge in [0.25, 0.3) is 0 Å². The van der Waals surface area contributed by atoms with Crippen LogP contribution < -0.4 is 5.32 Å². The van der Waals surface area contributed by atoms with E-state index >= 15 is 0 Å². The Bertz CT molecular complexity index is 425. The minimum Gasteiger partial charge on any atom is -0.383 e. The topological polar surface area (TPSA) is 35.8 Å². The molecule has 0 saturated heterocycles. The minimum absolute atomic E-state index is 0.0461. The highest BCUT2D eigenvalue weighted by Gasteiger charge is 2.27. The molecule has 1 aromatic rings. The van der Waals surface area contributed by atoms with Gasteiger partial charge >= 0.3 is 5.51 Å². The van der Waals surface area contributed by atoms with Crippen molar-refractivity contribution in [1.82, 2.24) is 0 Å². The third-order valence-corrected chi connectivity index (χ3v) is 2.52. The second kappa shape index (κ2) is 5.77. The number of nitriles is 1. The first kappa shape index (κ1) is 13.6. The van der Waals surface area contributed by atoms with Crippen LogP contribution in [0, 0.1) is 17.1 Å². The second-order valence-electron chi connectivity index (χ2n) is 3.02. The van der Waals surface area contributed by atoms with E-state index in [0.717, 1.165) is 12.1 Å². The van der Waals surface area contributed by atoms with E-state index in [0.29, 0.717) is 5.69 Å². The van der Waals surface area contributed by atoms with Gasteiger partial charge in [0, 0.05) is 12.3 Å². The number of nitrogens with zero attached hydrogens (tertiary/aromatic N) is 1. The third kappa shape index (κ3) is 4.95. The molecule has 0 unspecified atom stereocenters. The van der Waals surface area contributed by atoms with Crippen molar-refractivity contribution in [3.05, 3.63) is 29.6 Å². The van der Waals surface area contributed by atoms with Gasteiger partial charge in [0.15, 0.2) is 0 Å². The molecule has 0 amide bonds. The summed E-state index contributed by atoms with van der Waals surface area (Å²) < 4.78 is 48.2. The van der Waals surface area contributed by atoms with Crippen molar-refractivity contribution < 1.29 is 17.6 Å². The van der Waals surface area contributed by atoms with E-state index in [2.05, 4.69) is 5.32 Å². The van der Waals surface area contributed by atoms with Crippen molar-refractivity contribution in [3.8, 4) is 6.07 Å². The summed E-state index contributed by atoms with van der Waals surface area (Å²) in [5.41, 5.74) is -3.86. The third-order valence-electron chi connectivity index (χ3n) is 1.79. The first-order chi connectivity index (χ1) is 7.92. The quantitative estimate of drug-likeness (QED) is 0.669. The number of halogens is 4. The summed E-state index contributed by atoms with van der Waals surface area (Å²) in [6, 6.07) is 5.25. The largest absolute Gasteiger partial charge is 0.441 e. The summed E-state index contributed by atoms with van der Waals surface area (Å²) in [5.74, 6) is -0.733. The molecule has 0 fully saturated rings. The summed E-state index contributed by atoms with van der Waals surface area (Å²) in [7, 11) is 0. The Hall–Kier alpha value is -1.42. The Kier molecular flexibility index (Phi) is 4.63. The van der Waals surface area contributed by atoms with Gasteiger partial charge in [0.2, 0.25) is 0 Å². The van der Waals surface area contributed by atoms with E-state index in [4.69, 9.17) is 5.26 Å². The van der Waals surface area contributed by atoms with Crippen LogP contribution in [0.4, 0.5) is 23.2 Å². The summed E-state index contributed by atoms with van der Waals surface area (Å²) >= 11 is -0.150. The molecule has 7 heteroatoms. The molecule has 0 bridgehead atoms. The van der Waals surface area contributed by atoms with E-state index in [1.807, 2.05) is 0 Å². The maximum absolute atomic E-state index is 12.7. The lowest BCUT2D eigenvalue weighted by molar-refractivity contribution is -0.0327. The zero-order chi connectivity index (χ0) is 12.9. The maximum Gasteiger partial charge on any atom is 0.441 e. The van der Waals surface area contributed by atoms with Crippen LogP contribution in [0.15, 0.2) is 18.2 Å². The van der Waals surface area contributed by atoms with Gasteiger partial charge in [-0.05, 0) is 30.0 Å². The fourth-order valence-corrected chi connectivity index (χ4v) is 1.55. The van der Waals surface area contributed by atoms with Crippen molar-refractivity contribution in [1.29, 1.82) is 5.26 Å². The summed E-state index contributed by atoms with van der Waals surface area (Å²) in [4.78, 5) is 0. The van der Waals surface area contributed by atoms with Crippen LogP contribution in [0.3, 0.4) is 0 Å². The number of thioether (sulfide) groups is 1. The SMILES string of the molecule is N#Cc1cc(F)ccc1NCCSC(F)(F)F. The average Bonchev–Trinajstić information content (AvgIpc) is 2.24. The molecule has 1 N–H and O–H groups in total. The Morgan fingerprint density at radius 1 is 1.35 bits per heavy atom. The van der Waals surface area contributed by atoms with Crippen molar-refractivity contribution in [2.75, 3.05) is 17.6 Å². The molecule has 0 atom stereocenters. The Morgan fingerprint density at radius 3 is 2.65 bits per heavy atom. The van der Waals surface area contributed by atoms with Gasteiger partial charge in [-0.2, -0.15) is 18.4 Å². The predicted octanol–water partition coefficient (Wildman–Crippen LogP) is 3.36. The Balaban J connectivity index is 2.50. The molecule has 0 spiro atoms. The molecule has 0 aliphatic rings. The number of rotatable bonds is 4. The highest BCUT2D eigenvalue weighted by molar-refractivity contribution is 8.00. The monoisotopic (exact) mass is 264 g/mol. The van der Waals surface area contributed by atoms with Crippen molar-refractivity contribution in [2.45, 2.75) is 5.51 Å². The highest BCUT2D eigenvalue weighted by atomic mass is 32.2. The maximum atomic E-state index is 12.7. The van der Waals surface area contributed by atoms with Crippen LogP contribution >= 0.6 is 11.8 Å². The van der Waals surface area contributed by atoms with Gasteiger partial charge in [-0.1, -0.05) is 0 Å². The normalized spacial score (nSPS) is 11.0. The van der Waals surface area contributed by atoms with Crippen LogP contribution in [-0.4, -0.2) is 17.8 Å². The second-order valence-corrected chi connectivity index (χ2v) is 4.18. The number of benzene rings is 1. The molecule has 0 aromatic heterocycles. The van der Waals surface area contributed by atoms with Crippen molar-refractivity contribution in [2.24, 2.45) is 0 Å². The molecule has 0 radical (unpaired) electrons. The lowest BCUT2D eigenvalue weighted by Gasteiger charge is -2.09. The smallest absolute Gasteiger partial charge is 0.383 e. The van der Waals surface area contributed by atoms with Crippen LogP contribution in [-0.2, 0) is 0 Å². The van der Waals surface area contributed by atoms with E-state index in [1.165, 1.54) is 6.07 Å². The van der Waals surface area contributed by atoms with Crippen LogP contribution in [0.1, 0.15) is 5.56 Å². The molecule has 0 aliphatic carbocycles. The molecular weight excluding hydrogens is 256 g/mol. The first-order valence-electron chi connectivity index (χ1n) is 4.56. The standard InChI is InChI=1S/C10H8F4N2S/c11-8-1-2-9(7(5-8)6-15)16-3-4-17-10(12,13)14/h1-2,5,16H,3-4H2. The van der Waals surface area contributed by atoms with Crippen LogP contribution in [0.25, 0.3) is 0 Å². The fourth-order valence-electron chi connectivity index (χ4n) is 1.12. The Labute approximate surface area is 99.6 Å². The van der Waals surface area contributed by atoms with Gasteiger partial charge in [0.05, 0.1) is 11.3 Å². The summed E-state index contributed by atoms with van der Waals surface area (Å²) in [6.45, 7) is 0.0461. The zero-order valence-corrected chi connectivity index (χ0v) is 9.33. The molecule has 92 valence electrons. The van der Waals surface area contributed by atoms with Crippen LogP contribution in [0.5, 0.6) is 0 Å². The molecule has 0 aliphatic heterocycles. The van der Waals surface area contributed by atoms with Gasteiger partial charge in [-0.3, -0.25) is 0 Å². The van der Waals surface area contributed by atoms with E-state index in [1.54, 1.807) is 6.07 Å². The zero-order valence-electron chi connectivity index (χ0n) is 8.51. The van der Waals surface area contributed by atoms with Gasteiger partial charge < -0.3 is 5.32 Å². The highest BCUT2D eigenvalue weighted by Crippen LogP contribution is 2.29. The van der Waals surface area contributed by atoms with Crippen molar-refractivity contribution >= 4 is 17.4 Å². The summed E-state index contributed by atoms with van der Waals surface area (Å²) in [6.07, 6.45) is 0. The lowest BCUT2D eigenvalue weighted by Crippen LogP contribution is -2.10. The Morgan fingerprint density at radius 2 is 2.06 bits per heavy atom. The molecule has 0 heterocycles. The molecule has 0 saturated carbocycles. The fraction of sp³-hybridized carbons (Fsp3) is 0.300. The van der Waals surface area contributed by atoms with E-state index in [-0.39, 0.29) is 29.6 Å². The average molecular weight is 264 g/mol. The first-order valence-corrected chi connectivity index (χ1v) is 5.55. The van der Waals surface area contributed by atoms with Crippen LogP contribution in [0.2, 0.25) is 0 Å². The number of anilines is 1. The van der Waals surface area contributed by atoms with E-state index < -0.39 is 11.3 Å². The molecule has 1 aromatic carbocycles. The van der Waals surface area contributed by atoms with E-state index in [9.17, 15) is 17.6 Å². The lowest BCUT2D eigenvalue weighted by atomic mass is 10.2. The predicted molar refractivity (Wildman–Crippen MR) is 58.1 cm³/mol. The summed E-state index contributed by atoms with van der Waals surface area (Å²) in [5, 5.41) is 11.3. The molecular formula is C10H8F4N2S. The van der Waals surface area contributed by atoms with Gasteiger partial charge in [0.1, 0.15) is 11.9 Å². The molecule has 1 rings (SSSR count). The number of nitrogens with one attached hydrogen (secondary N) is 1. The van der Waals surface area contributed by atoms with Gasteiger partial charge in [-0.25, -0.2) is 4.39 Å². The van der Waals surface area contributed by atoms with Gasteiger partial charge in [-0.15, -0.1) is 0 Å². The number of hydrogen-bond acceptors (Lipinski definition) is 3. The number of alkyl halides is 3. The minimum atomic E-state index is -4.26. The molecule has 2 nitrogen and oxygen atoms in total.